The van der Waals surface area contributed by atoms with Gasteiger partial charge in [-0.2, -0.15) is 0 Å². The number of hydrogen-bond acceptors (Lipinski definition) is 3. The van der Waals surface area contributed by atoms with E-state index in [0.29, 0.717) is 18.5 Å². The van der Waals surface area contributed by atoms with Crippen LogP contribution in [0.1, 0.15) is 33.6 Å². The van der Waals surface area contributed by atoms with Crippen molar-refractivity contribution in [2.45, 2.75) is 33.6 Å². The van der Waals surface area contributed by atoms with E-state index in [0.717, 1.165) is 13.4 Å². The fourth-order valence-corrected chi connectivity index (χ4v) is 1.06. The predicted octanol–water partition coefficient (Wildman–Crippen LogP) is 1.81. The molecule has 17 heavy (non-hydrogen) atoms. The second-order valence-corrected chi connectivity index (χ2v) is 3.31. The molecular weight excluding hydrogens is 218 g/mol. The van der Waals surface area contributed by atoms with E-state index in [4.69, 9.17) is 5.11 Å². The monoisotopic (exact) mass is 241 g/mol. The van der Waals surface area contributed by atoms with Gasteiger partial charge in [0.25, 0.3) is 0 Å². The van der Waals surface area contributed by atoms with Crippen LogP contribution in [0.5, 0.6) is 0 Å². The molecule has 0 aromatic carbocycles. The summed E-state index contributed by atoms with van der Waals surface area (Å²) in [6.45, 7) is 9.27. The van der Waals surface area contributed by atoms with Crippen LogP contribution in [0.2, 0.25) is 0 Å². The standard InChI is InChI=1S/C10H13NO2.C2H6.CH4O/c1-3-4-8(2)11-9(13)10(7-12)5-6-10;2*1-2/h3-4,7H,1,5-6H2,2H3,(H,11,13);1-2H3;2H,1H3/b8-4+;;. The lowest BCUT2D eigenvalue weighted by molar-refractivity contribution is -0.130. The van der Waals surface area contributed by atoms with Gasteiger partial charge < -0.3 is 15.2 Å². The molecule has 0 heterocycles. The Kier molecular flexibility index (Phi) is 10.3. The SMILES string of the molecule is C=C/C=C(\C)NC(=O)C1(C=O)CC1.CC.CO. The highest BCUT2D eigenvalue weighted by atomic mass is 16.2. The topological polar surface area (TPSA) is 66.4 Å². The van der Waals surface area contributed by atoms with Gasteiger partial charge in [0.1, 0.15) is 11.7 Å². The number of aliphatic hydroxyl groups is 1. The summed E-state index contributed by atoms with van der Waals surface area (Å²) in [4.78, 5) is 22.0. The third kappa shape index (κ3) is 6.02. The molecule has 0 atom stereocenters. The molecule has 1 aliphatic carbocycles. The molecule has 0 aromatic heterocycles. The smallest absolute Gasteiger partial charge is 0.237 e. The highest BCUT2D eigenvalue weighted by Gasteiger charge is 2.49. The highest BCUT2D eigenvalue weighted by molar-refractivity contribution is 6.00. The zero-order valence-electron chi connectivity index (χ0n) is 11.1. The van der Waals surface area contributed by atoms with Gasteiger partial charge in [0.05, 0.1) is 0 Å². The lowest BCUT2D eigenvalue weighted by Gasteiger charge is -2.08. The summed E-state index contributed by atoms with van der Waals surface area (Å²) in [6.07, 6.45) is 5.37. The van der Waals surface area contributed by atoms with Crippen LogP contribution in [0, 0.1) is 5.41 Å². The number of carbonyl (C=O) groups is 2. The van der Waals surface area contributed by atoms with Crippen molar-refractivity contribution >= 4 is 12.2 Å². The molecule has 4 nitrogen and oxygen atoms in total. The Labute approximate surface area is 103 Å². The Hall–Kier alpha value is -1.42. The van der Waals surface area contributed by atoms with Gasteiger partial charge in [-0.3, -0.25) is 4.79 Å². The van der Waals surface area contributed by atoms with Gasteiger partial charge in [0.2, 0.25) is 5.91 Å². The number of aldehydes is 1. The molecule has 0 unspecified atom stereocenters. The molecule has 1 amide bonds. The van der Waals surface area contributed by atoms with Crippen molar-refractivity contribution in [1.29, 1.82) is 0 Å². The first-order chi connectivity index (χ1) is 8.14. The second-order valence-electron chi connectivity index (χ2n) is 3.31. The molecule has 1 aliphatic rings. The molecule has 98 valence electrons. The third-order valence-corrected chi connectivity index (χ3v) is 2.15. The van der Waals surface area contributed by atoms with E-state index in [9.17, 15) is 9.59 Å². The molecule has 0 bridgehead atoms. The summed E-state index contributed by atoms with van der Waals surface area (Å²) >= 11 is 0. The van der Waals surface area contributed by atoms with Crippen LogP contribution < -0.4 is 5.32 Å². The van der Waals surface area contributed by atoms with Crippen LogP contribution in [0.3, 0.4) is 0 Å². The average molecular weight is 241 g/mol. The molecule has 2 N–H and O–H groups in total. The Morgan fingerprint density at radius 2 is 1.82 bits per heavy atom. The van der Waals surface area contributed by atoms with E-state index in [1.807, 2.05) is 13.8 Å². The largest absolute Gasteiger partial charge is 0.400 e. The zero-order valence-corrected chi connectivity index (χ0v) is 11.1. The van der Waals surface area contributed by atoms with E-state index in [1.54, 1.807) is 19.1 Å². The number of aliphatic hydroxyl groups excluding tert-OH is 1. The van der Waals surface area contributed by atoms with E-state index < -0.39 is 5.41 Å². The first-order valence-electron chi connectivity index (χ1n) is 5.66. The molecule has 1 saturated carbocycles. The number of rotatable bonds is 4. The van der Waals surface area contributed by atoms with Crippen molar-refractivity contribution in [3.05, 3.63) is 24.4 Å². The number of amides is 1. The fraction of sp³-hybridized carbons (Fsp3) is 0.538. The van der Waals surface area contributed by atoms with E-state index >= 15 is 0 Å². The van der Waals surface area contributed by atoms with Crippen LogP contribution in [0.25, 0.3) is 0 Å². The Morgan fingerprint density at radius 1 is 1.35 bits per heavy atom. The molecule has 1 rings (SSSR count). The number of hydrogen-bond donors (Lipinski definition) is 2. The molecule has 0 aliphatic heterocycles. The minimum absolute atomic E-state index is 0.196. The lowest BCUT2D eigenvalue weighted by Crippen LogP contribution is -2.31. The summed E-state index contributed by atoms with van der Waals surface area (Å²) in [7, 11) is 1.00. The van der Waals surface area contributed by atoms with E-state index in [2.05, 4.69) is 11.9 Å². The summed E-state index contributed by atoms with van der Waals surface area (Å²) in [6, 6.07) is 0. The molecular formula is C13H23NO3. The van der Waals surface area contributed by atoms with Gasteiger partial charge in [-0.1, -0.05) is 26.5 Å². The van der Waals surface area contributed by atoms with E-state index in [1.165, 1.54) is 0 Å². The number of carbonyl (C=O) groups excluding carboxylic acids is 2. The lowest BCUT2D eigenvalue weighted by atomic mass is 10.1. The Bertz CT molecular complexity index is 278. The van der Waals surface area contributed by atoms with Crippen LogP contribution in [0.4, 0.5) is 0 Å². The minimum Gasteiger partial charge on any atom is -0.400 e. The van der Waals surface area contributed by atoms with Crippen molar-refractivity contribution in [2.75, 3.05) is 7.11 Å². The molecule has 0 radical (unpaired) electrons. The van der Waals surface area contributed by atoms with Crippen molar-refractivity contribution < 1.29 is 14.7 Å². The minimum atomic E-state index is -0.726. The van der Waals surface area contributed by atoms with Crippen LogP contribution in [-0.2, 0) is 9.59 Å². The van der Waals surface area contributed by atoms with Gasteiger partial charge in [-0.05, 0) is 25.8 Å². The zero-order chi connectivity index (χ0) is 13.9. The second kappa shape index (κ2) is 9.78. The summed E-state index contributed by atoms with van der Waals surface area (Å²) in [5.74, 6) is -0.196. The van der Waals surface area contributed by atoms with Crippen molar-refractivity contribution in [2.24, 2.45) is 5.41 Å². The van der Waals surface area contributed by atoms with Gasteiger partial charge in [-0.15, -0.1) is 0 Å². The number of allylic oxidation sites excluding steroid dienone is 3. The molecule has 1 fully saturated rings. The molecule has 4 heteroatoms. The maximum Gasteiger partial charge on any atom is 0.237 e. The summed E-state index contributed by atoms with van der Waals surface area (Å²) in [5.41, 5.74) is -0.0101. The maximum absolute atomic E-state index is 11.4. The quantitative estimate of drug-likeness (QED) is 0.448. The van der Waals surface area contributed by atoms with Gasteiger partial charge in [0.15, 0.2) is 0 Å². The average Bonchev–Trinajstić information content (AvgIpc) is 3.15. The number of nitrogens with one attached hydrogen (secondary N) is 1. The van der Waals surface area contributed by atoms with E-state index in [-0.39, 0.29) is 5.91 Å². The Morgan fingerprint density at radius 3 is 2.12 bits per heavy atom. The Balaban J connectivity index is 0. The summed E-state index contributed by atoms with van der Waals surface area (Å²) in [5, 5.41) is 9.65. The first kappa shape index (κ1) is 18.0. The van der Waals surface area contributed by atoms with Crippen LogP contribution >= 0.6 is 0 Å². The predicted molar refractivity (Wildman–Crippen MR) is 69.3 cm³/mol. The highest BCUT2D eigenvalue weighted by Crippen LogP contribution is 2.43. The normalized spacial score (nSPS) is 15.2. The van der Waals surface area contributed by atoms with Gasteiger partial charge >= 0.3 is 0 Å². The fourth-order valence-electron chi connectivity index (χ4n) is 1.06. The van der Waals surface area contributed by atoms with Crippen molar-refractivity contribution in [3.63, 3.8) is 0 Å². The van der Waals surface area contributed by atoms with Crippen LogP contribution in [-0.4, -0.2) is 24.4 Å². The molecule has 0 aromatic rings. The van der Waals surface area contributed by atoms with Crippen molar-refractivity contribution in [1.82, 2.24) is 5.32 Å². The van der Waals surface area contributed by atoms with Gasteiger partial charge in [0, 0.05) is 12.8 Å². The maximum atomic E-state index is 11.4. The molecule has 0 saturated heterocycles. The molecule has 0 spiro atoms. The summed E-state index contributed by atoms with van der Waals surface area (Å²) < 4.78 is 0. The van der Waals surface area contributed by atoms with Crippen molar-refractivity contribution in [3.8, 4) is 0 Å². The first-order valence-corrected chi connectivity index (χ1v) is 5.66. The van der Waals surface area contributed by atoms with Crippen LogP contribution in [0.15, 0.2) is 24.4 Å². The van der Waals surface area contributed by atoms with Gasteiger partial charge in [-0.25, -0.2) is 0 Å². The third-order valence-electron chi connectivity index (χ3n) is 2.15.